The summed E-state index contributed by atoms with van der Waals surface area (Å²) in [4.78, 5) is 0. The first-order chi connectivity index (χ1) is 5.86. The number of fused-ring (bicyclic) bond motifs is 1. The van der Waals surface area contributed by atoms with E-state index in [1.54, 1.807) is 0 Å². The molecule has 4 heteroatoms. The molecule has 2 heterocycles. The van der Waals surface area contributed by atoms with Crippen molar-refractivity contribution in [1.82, 2.24) is 9.78 Å². The first kappa shape index (κ1) is 7.09. The van der Waals surface area contributed by atoms with Crippen molar-refractivity contribution in [1.29, 1.82) is 0 Å². The van der Waals surface area contributed by atoms with Crippen LogP contribution in [0.1, 0.15) is 30.1 Å². The largest absolute Gasteiger partial charge is 0.370 e. The smallest absolute Gasteiger partial charge is 0.110 e. The fourth-order valence-electron chi connectivity index (χ4n) is 1.56. The van der Waals surface area contributed by atoms with Crippen LogP contribution in [0.25, 0.3) is 0 Å². The van der Waals surface area contributed by atoms with Gasteiger partial charge in [-0.25, -0.2) is 0 Å². The van der Waals surface area contributed by atoms with Crippen molar-refractivity contribution in [3.05, 3.63) is 15.9 Å². The molecule has 0 saturated heterocycles. The zero-order valence-electron chi connectivity index (χ0n) is 6.59. The summed E-state index contributed by atoms with van der Waals surface area (Å²) in [5, 5.41) is 4.50. The molecule has 0 aromatic carbocycles. The molecule has 0 unspecified atom stereocenters. The molecule has 3 nitrogen and oxygen atoms in total. The third kappa shape index (κ3) is 0.880. The first-order valence-corrected chi connectivity index (χ1v) is 4.99. The lowest BCUT2D eigenvalue weighted by atomic mass is 10.3. The zero-order valence-corrected chi connectivity index (χ0v) is 8.17. The number of hydrogen-bond acceptors (Lipinski definition) is 2. The number of rotatable bonds is 1. The molecule has 1 aliphatic carbocycles. The predicted octanol–water partition coefficient (Wildman–Crippen LogP) is 2.01. The highest BCUT2D eigenvalue weighted by atomic mass is 79.9. The Morgan fingerprint density at radius 3 is 2.92 bits per heavy atom. The normalized spacial score (nSPS) is 21.4. The van der Waals surface area contributed by atoms with Crippen molar-refractivity contribution in [3.63, 3.8) is 0 Å². The third-order valence-electron chi connectivity index (χ3n) is 2.40. The Morgan fingerprint density at radius 2 is 2.25 bits per heavy atom. The summed E-state index contributed by atoms with van der Waals surface area (Å²) in [6.07, 6.45) is 2.56. The number of hydrogen-bond donors (Lipinski definition) is 0. The van der Waals surface area contributed by atoms with Gasteiger partial charge in [-0.15, -0.1) is 0 Å². The van der Waals surface area contributed by atoms with Gasteiger partial charge in [0.05, 0.1) is 24.9 Å². The van der Waals surface area contributed by atoms with Gasteiger partial charge in [-0.2, -0.15) is 5.10 Å². The van der Waals surface area contributed by atoms with Gasteiger partial charge in [-0.3, -0.25) is 4.68 Å². The van der Waals surface area contributed by atoms with E-state index in [1.165, 1.54) is 18.4 Å². The van der Waals surface area contributed by atoms with Crippen molar-refractivity contribution in [2.75, 3.05) is 0 Å². The van der Waals surface area contributed by atoms with Gasteiger partial charge < -0.3 is 4.74 Å². The van der Waals surface area contributed by atoms with Crippen LogP contribution in [0.3, 0.4) is 0 Å². The van der Waals surface area contributed by atoms with Gasteiger partial charge in [0.2, 0.25) is 0 Å². The fourth-order valence-corrected chi connectivity index (χ4v) is 2.27. The summed E-state index contributed by atoms with van der Waals surface area (Å²) in [5.41, 5.74) is 2.37. The molecule has 1 fully saturated rings. The monoisotopic (exact) mass is 228 g/mol. The van der Waals surface area contributed by atoms with Crippen LogP contribution in [0.15, 0.2) is 4.60 Å². The second-order valence-electron chi connectivity index (χ2n) is 3.38. The van der Waals surface area contributed by atoms with Crippen molar-refractivity contribution in [3.8, 4) is 0 Å². The second-order valence-corrected chi connectivity index (χ2v) is 4.14. The highest BCUT2D eigenvalue weighted by Gasteiger charge is 2.30. The summed E-state index contributed by atoms with van der Waals surface area (Å²) in [5.74, 6) is 0. The molecule has 64 valence electrons. The maximum Gasteiger partial charge on any atom is 0.110 e. The molecular weight excluding hydrogens is 220 g/mol. The Labute approximate surface area is 78.8 Å². The molecule has 0 spiro atoms. The molecule has 1 aromatic rings. The van der Waals surface area contributed by atoms with Crippen LogP contribution in [-0.2, 0) is 18.0 Å². The summed E-state index contributed by atoms with van der Waals surface area (Å²) >= 11 is 3.56. The summed E-state index contributed by atoms with van der Waals surface area (Å²) in [6.45, 7) is 1.41. The molecular formula is C8H9BrN2O. The van der Waals surface area contributed by atoms with Gasteiger partial charge in [0, 0.05) is 5.56 Å². The van der Waals surface area contributed by atoms with E-state index < -0.39 is 0 Å². The van der Waals surface area contributed by atoms with E-state index in [0.717, 1.165) is 16.9 Å². The van der Waals surface area contributed by atoms with E-state index in [0.29, 0.717) is 12.6 Å². The van der Waals surface area contributed by atoms with E-state index in [4.69, 9.17) is 4.74 Å². The van der Waals surface area contributed by atoms with Crippen LogP contribution < -0.4 is 0 Å². The van der Waals surface area contributed by atoms with E-state index in [1.807, 2.05) is 0 Å². The lowest BCUT2D eigenvalue weighted by Gasteiger charge is -2.00. The molecule has 12 heavy (non-hydrogen) atoms. The van der Waals surface area contributed by atoms with Gasteiger partial charge in [-0.05, 0) is 28.8 Å². The van der Waals surface area contributed by atoms with Crippen molar-refractivity contribution < 1.29 is 4.74 Å². The minimum atomic E-state index is 0.657. The summed E-state index contributed by atoms with van der Waals surface area (Å²) < 4.78 is 8.53. The van der Waals surface area contributed by atoms with Gasteiger partial charge in [0.1, 0.15) is 4.60 Å². The van der Waals surface area contributed by atoms with Crippen LogP contribution >= 0.6 is 15.9 Å². The van der Waals surface area contributed by atoms with E-state index in [2.05, 4.69) is 25.7 Å². The molecule has 0 N–H and O–H groups in total. The van der Waals surface area contributed by atoms with Crippen molar-refractivity contribution in [2.24, 2.45) is 0 Å². The van der Waals surface area contributed by atoms with Crippen LogP contribution in [0.4, 0.5) is 0 Å². The second kappa shape index (κ2) is 2.33. The average Bonchev–Trinajstić information content (AvgIpc) is 2.71. The van der Waals surface area contributed by atoms with Crippen LogP contribution in [0, 0.1) is 0 Å². The lowest BCUT2D eigenvalue weighted by molar-refractivity contribution is 0.130. The van der Waals surface area contributed by atoms with Crippen LogP contribution in [0.2, 0.25) is 0 Å². The first-order valence-electron chi connectivity index (χ1n) is 4.20. The van der Waals surface area contributed by atoms with Crippen LogP contribution in [0.5, 0.6) is 0 Å². The SMILES string of the molecule is Brc1c2c(nn1C1CC1)COC2. The van der Waals surface area contributed by atoms with Gasteiger partial charge in [-0.1, -0.05) is 0 Å². The summed E-state index contributed by atoms with van der Waals surface area (Å²) in [6, 6.07) is 0.657. The lowest BCUT2D eigenvalue weighted by Crippen LogP contribution is -1.98. The van der Waals surface area contributed by atoms with Gasteiger partial charge in [0.25, 0.3) is 0 Å². The van der Waals surface area contributed by atoms with Crippen molar-refractivity contribution in [2.45, 2.75) is 32.1 Å². The number of nitrogens with zero attached hydrogens (tertiary/aromatic N) is 2. The third-order valence-corrected chi connectivity index (χ3v) is 3.25. The molecule has 0 bridgehead atoms. The van der Waals surface area contributed by atoms with E-state index in [-0.39, 0.29) is 0 Å². The molecule has 0 atom stereocenters. The van der Waals surface area contributed by atoms with Gasteiger partial charge >= 0.3 is 0 Å². The topological polar surface area (TPSA) is 27.1 Å². The standard InChI is InChI=1S/C8H9BrN2O/c9-8-6-3-12-4-7(6)10-11(8)5-1-2-5/h5H,1-4H2. The van der Waals surface area contributed by atoms with Crippen LogP contribution in [-0.4, -0.2) is 9.78 Å². The maximum atomic E-state index is 5.29. The van der Waals surface area contributed by atoms with E-state index in [9.17, 15) is 0 Å². The van der Waals surface area contributed by atoms with Crippen molar-refractivity contribution >= 4 is 15.9 Å². The average molecular weight is 229 g/mol. The Morgan fingerprint density at radius 1 is 1.42 bits per heavy atom. The van der Waals surface area contributed by atoms with Gasteiger partial charge in [0.15, 0.2) is 0 Å². The predicted molar refractivity (Wildman–Crippen MR) is 46.7 cm³/mol. The highest BCUT2D eigenvalue weighted by molar-refractivity contribution is 9.10. The summed E-state index contributed by atoms with van der Waals surface area (Å²) in [7, 11) is 0. The molecule has 1 aromatic heterocycles. The molecule has 2 aliphatic rings. The molecule has 1 saturated carbocycles. The Hall–Kier alpha value is -0.350. The molecule has 0 amide bonds. The quantitative estimate of drug-likeness (QED) is 0.736. The molecule has 0 radical (unpaired) electrons. The highest BCUT2D eigenvalue weighted by Crippen LogP contribution is 2.39. The molecule has 1 aliphatic heterocycles. The Kier molecular flexibility index (Phi) is 1.37. The number of halogens is 1. The minimum Gasteiger partial charge on any atom is -0.370 e. The number of ether oxygens (including phenoxy) is 1. The maximum absolute atomic E-state index is 5.29. The fraction of sp³-hybridized carbons (Fsp3) is 0.625. The zero-order chi connectivity index (χ0) is 8.13. The molecule has 3 rings (SSSR count). The number of aromatic nitrogens is 2. The minimum absolute atomic E-state index is 0.657. The van der Waals surface area contributed by atoms with E-state index >= 15 is 0 Å². The Balaban J connectivity index is 2.10. The Bertz CT molecular complexity index is 330.